The van der Waals surface area contributed by atoms with Crippen molar-refractivity contribution in [3.63, 3.8) is 0 Å². The van der Waals surface area contributed by atoms with Crippen LogP contribution in [0.15, 0.2) is 47.9 Å². The second-order valence-electron chi connectivity index (χ2n) is 7.49. The van der Waals surface area contributed by atoms with Crippen molar-refractivity contribution in [2.45, 2.75) is 26.0 Å². The molecule has 2 amide bonds. The van der Waals surface area contributed by atoms with E-state index in [4.69, 9.17) is 32.7 Å². The van der Waals surface area contributed by atoms with Crippen molar-refractivity contribution in [2.75, 3.05) is 14.2 Å². The zero-order valence-corrected chi connectivity index (χ0v) is 21.6. The van der Waals surface area contributed by atoms with Gasteiger partial charge >= 0.3 is 5.97 Å². The second kappa shape index (κ2) is 11.7. The molecule has 0 aliphatic carbocycles. The van der Waals surface area contributed by atoms with E-state index in [9.17, 15) is 14.4 Å². The molecule has 0 saturated carbocycles. The van der Waals surface area contributed by atoms with Crippen molar-refractivity contribution >= 4 is 58.2 Å². The molecule has 0 radical (unpaired) electrons. The third-order valence-electron chi connectivity index (χ3n) is 5.16. The normalized spacial score (nSPS) is 15.3. The van der Waals surface area contributed by atoms with E-state index in [-0.39, 0.29) is 11.5 Å². The number of hydrogen-bond donors (Lipinski definition) is 0. The lowest BCUT2D eigenvalue weighted by atomic mass is 10.0. The van der Waals surface area contributed by atoms with E-state index < -0.39 is 23.2 Å². The molecule has 35 heavy (non-hydrogen) atoms. The van der Waals surface area contributed by atoms with Crippen LogP contribution >= 0.6 is 35.0 Å². The minimum absolute atomic E-state index is 0.182. The van der Waals surface area contributed by atoms with Gasteiger partial charge in [-0.2, -0.15) is 0 Å². The van der Waals surface area contributed by atoms with Crippen molar-refractivity contribution in [3.8, 4) is 11.5 Å². The molecule has 3 rings (SSSR count). The predicted octanol–water partition coefficient (Wildman–Crippen LogP) is 5.91. The van der Waals surface area contributed by atoms with Gasteiger partial charge in [-0.25, -0.2) is 4.79 Å². The zero-order valence-electron chi connectivity index (χ0n) is 19.3. The fourth-order valence-corrected chi connectivity index (χ4v) is 4.64. The fourth-order valence-electron chi connectivity index (χ4n) is 3.42. The Balaban J connectivity index is 1.92. The van der Waals surface area contributed by atoms with Gasteiger partial charge in [-0.1, -0.05) is 35.3 Å². The summed E-state index contributed by atoms with van der Waals surface area (Å²) < 4.78 is 16.3. The number of methoxy groups -OCH3 is 2. The summed E-state index contributed by atoms with van der Waals surface area (Å²) in [6.07, 6.45) is 3.76. The molecule has 1 saturated heterocycles. The molecule has 1 aliphatic heterocycles. The monoisotopic (exact) mass is 535 g/mol. The van der Waals surface area contributed by atoms with E-state index >= 15 is 0 Å². The number of thioether (sulfide) groups is 1. The van der Waals surface area contributed by atoms with E-state index in [1.807, 2.05) is 12.1 Å². The van der Waals surface area contributed by atoms with E-state index in [1.165, 1.54) is 21.1 Å². The van der Waals surface area contributed by atoms with Gasteiger partial charge in [-0.05, 0) is 66.6 Å². The average molecular weight is 536 g/mol. The molecule has 1 aliphatic rings. The van der Waals surface area contributed by atoms with Gasteiger partial charge in [-0.15, -0.1) is 6.58 Å². The third kappa shape index (κ3) is 6.01. The average Bonchev–Trinajstić information content (AvgIpc) is 3.11. The Morgan fingerprint density at radius 1 is 1.17 bits per heavy atom. The van der Waals surface area contributed by atoms with E-state index in [2.05, 4.69) is 11.3 Å². The topological polar surface area (TPSA) is 82.1 Å². The molecule has 0 aromatic heterocycles. The lowest BCUT2D eigenvalue weighted by molar-refractivity contribution is -0.148. The van der Waals surface area contributed by atoms with Crippen LogP contribution in [0.4, 0.5) is 4.79 Å². The Morgan fingerprint density at radius 2 is 1.91 bits per heavy atom. The maximum absolute atomic E-state index is 12.8. The number of imide groups is 1. The molecule has 7 nitrogen and oxygen atoms in total. The molecule has 10 heteroatoms. The van der Waals surface area contributed by atoms with Crippen molar-refractivity contribution in [1.82, 2.24) is 4.90 Å². The van der Waals surface area contributed by atoms with Gasteiger partial charge in [0, 0.05) is 5.56 Å². The number of hydrogen-bond acceptors (Lipinski definition) is 7. The first-order valence-corrected chi connectivity index (χ1v) is 12.0. The van der Waals surface area contributed by atoms with Crippen LogP contribution in [0.3, 0.4) is 0 Å². The highest BCUT2D eigenvalue weighted by molar-refractivity contribution is 8.18. The molecule has 0 spiro atoms. The fraction of sp³-hybridized carbons (Fsp3) is 0.240. The van der Waals surface area contributed by atoms with Gasteiger partial charge < -0.3 is 14.2 Å². The molecular weight excluding hydrogens is 513 g/mol. The Kier molecular flexibility index (Phi) is 8.88. The minimum Gasteiger partial charge on any atom is -0.493 e. The summed E-state index contributed by atoms with van der Waals surface area (Å²) >= 11 is 12.8. The van der Waals surface area contributed by atoms with Crippen LogP contribution in [-0.2, 0) is 27.4 Å². The maximum atomic E-state index is 12.8. The molecular formula is C25H23Cl2NO6S. The summed E-state index contributed by atoms with van der Waals surface area (Å²) in [6.45, 7) is 5.47. The Labute approximate surface area is 217 Å². The predicted molar refractivity (Wildman–Crippen MR) is 137 cm³/mol. The quantitative estimate of drug-likeness (QED) is 0.224. The van der Waals surface area contributed by atoms with Crippen molar-refractivity contribution in [2.24, 2.45) is 0 Å². The molecule has 2 aromatic carbocycles. The lowest BCUT2D eigenvalue weighted by Gasteiger charge is -2.18. The molecule has 1 fully saturated rings. The third-order valence-corrected chi connectivity index (χ3v) is 6.78. The van der Waals surface area contributed by atoms with Crippen LogP contribution in [-0.4, -0.2) is 42.3 Å². The number of benzene rings is 2. The number of amides is 2. The number of ether oxygens (including phenoxy) is 3. The van der Waals surface area contributed by atoms with Crippen molar-refractivity contribution in [1.29, 1.82) is 0 Å². The summed E-state index contributed by atoms with van der Waals surface area (Å²) in [6, 6.07) is 7.74. The van der Waals surface area contributed by atoms with Crippen LogP contribution in [0.2, 0.25) is 10.0 Å². The Hall–Kier alpha value is -2.94. The minimum atomic E-state index is -1.03. The molecule has 1 heterocycles. The Bertz CT molecular complexity index is 1210. The first-order valence-electron chi connectivity index (χ1n) is 10.4. The molecule has 184 valence electrons. The number of halogens is 2. The molecule has 1 atom stereocenters. The number of esters is 1. The van der Waals surface area contributed by atoms with Crippen molar-refractivity contribution in [3.05, 3.63) is 74.6 Å². The summed E-state index contributed by atoms with van der Waals surface area (Å²) in [5.74, 6) is -0.282. The lowest BCUT2D eigenvalue weighted by Crippen LogP contribution is -2.42. The summed E-state index contributed by atoms with van der Waals surface area (Å²) in [4.78, 5) is 38.2. The van der Waals surface area contributed by atoms with Crippen LogP contribution in [0.5, 0.6) is 11.5 Å². The summed E-state index contributed by atoms with van der Waals surface area (Å²) in [5, 5.41) is 0.339. The van der Waals surface area contributed by atoms with E-state index in [0.29, 0.717) is 33.5 Å². The molecule has 0 bridgehead atoms. The van der Waals surface area contributed by atoms with E-state index in [1.54, 1.807) is 30.4 Å². The van der Waals surface area contributed by atoms with E-state index in [0.717, 1.165) is 27.8 Å². The van der Waals surface area contributed by atoms with Gasteiger partial charge in [0.2, 0.25) is 0 Å². The first-order chi connectivity index (χ1) is 16.7. The van der Waals surface area contributed by atoms with Crippen LogP contribution in [0.1, 0.15) is 23.6 Å². The highest BCUT2D eigenvalue weighted by Gasteiger charge is 2.41. The standard InChI is InChI=1S/C25H23Cl2NO6S/c1-5-6-17-9-16(12-21-23(29)28(25(31)35-21)14(2)24(30)33-4)11-20(32-3)22(17)34-13-15-7-8-18(26)19(27)10-15/h5,7-12,14H,1,6,13H2,2-4H3/b21-12+/t14-/m0/s1. The molecule has 0 unspecified atom stereocenters. The smallest absolute Gasteiger partial charge is 0.328 e. The summed E-state index contributed by atoms with van der Waals surface area (Å²) in [7, 11) is 2.71. The number of carbonyl (C=O) groups excluding carboxylic acids is 3. The number of allylic oxidation sites excluding steroid dienone is 1. The molecule has 2 aromatic rings. The summed E-state index contributed by atoms with van der Waals surface area (Å²) in [5.41, 5.74) is 2.22. The largest absolute Gasteiger partial charge is 0.493 e. The van der Waals surface area contributed by atoms with Gasteiger partial charge in [-0.3, -0.25) is 14.5 Å². The van der Waals surface area contributed by atoms with Crippen LogP contribution in [0, 0.1) is 0 Å². The highest BCUT2D eigenvalue weighted by atomic mass is 35.5. The van der Waals surface area contributed by atoms with Crippen LogP contribution in [0.25, 0.3) is 6.08 Å². The van der Waals surface area contributed by atoms with Gasteiger partial charge in [0.25, 0.3) is 11.1 Å². The maximum Gasteiger partial charge on any atom is 0.328 e. The highest BCUT2D eigenvalue weighted by Crippen LogP contribution is 2.38. The number of rotatable bonds is 9. The van der Waals surface area contributed by atoms with Gasteiger partial charge in [0.15, 0.2) is 11.5 Å². The number of nitrogens with zero attached hydrogens (tertiary/aromatic N) is 1. The zero-order chi connectivity index (χ0) is 25.7. The van der Waals surface area contributed by atoms with Crippen LogP contribution < -0.4 is 9.47 Å². The molecule has 0 N–H and O–H groups in total. The Morgan fingerprint density at radius 3 is 2.54 bits per heavy atom. The van der Waals surface area contributed by atoms with Crippen molar-refractivity contribution < 1.29 is 28.6 Å². The first kappa shape index (κ1) is 26.7. The number of carbonyl (C=O) groups is 3. The second-order valence-corrected chi connectivity index (χ2v) is 9.30. The van der Waals surface area contributed by atoms with Gasteiger partial charge in [0.1, 0.15) is 12.6 Å². The van der Waals surface area contributed by atoms with Gasteiger partial charge in [0.05, 0.1) is 29.2 Å². The SMILES string of the molecule is C=CCc1cc(/C=C2/SC(=O)N([C@@H](C)C(=O)OC)C2=O)cc(OC)c1OCc1ccc(Cl)c(Cl)c1.